The van der Waals surface area contributed by atoms with Gasteiger partial charge in [-0.05, 0) is 24.7 Å². The average molecular weight is 248 g/mol. The lowest BCUT2D eigenvalue weighted by atomic mass is 10.1. The molecular formula is C15H20O3. The summed E-state index contributed by atoms with van der Waals surface area (Å²) in [6.07, 6.45) is 4.57. The predicted octanol–water partition coefficient (Wildman–Crippen LogP) is 2.21. The number of hydrogen-bond donors (Lipinski definition) is 2. The van der Waals surface area contributed by atoms with E-state index >= 15 is 0 Å². The van der Waals surface area contributed by atoms with Crippen molar-refractivity contribution in [3.63, 3.8) is 0 Å². The molecule has 0 saturated carbocycles. The molecule has 0 heterocycles. The first-order chi connectivity index (χ1) is 8.60. The fourth-order valence-corrected chi connectivity index (χ4v) is 1.29. The van der Waals surface area contributed by atoms with Crippen molar-refractivity contribution in [2.45, 2.75) is 45.1 Å². The van der Waals surface area contributed by atoms with Gasteiger partial charge < -0.3 is 10.2 Å². The molecule has 0 aliphatic carbocycles. The third kappa shape index (κ3) is 9.51. The highest BCUT2D eigenvalue weighted by atomic mass is 16.4. The maximum absolute atomic E-state index is 10.5. The predicted molar refractivity (Wildman–Crippen MR) is 71.6 cm³/mol. The summed E-state index contributed by atoms with van der Waals surface area (Å²) in [6, 6.07) is 0. The zero-order valence-electron chi connectivity index (χ0n) is 10.8. The summed E-state index contributed by atoms with van der Waals surface area (Å²) in [7, 11) is 0. The van der Waals surface area contributed by atoms with Crippen molar-refractivity contribution in [2.75, 3.05) is 0 Å². The van der Waals surface area contributed by atoms with Gasteiger partial charge in [0.25, 0.3) is 0 Å². The van der Waals surface area contributed by atoms with Gasteiger partial charge in [0.2, 0.25) is 0 Å². The zero-order valence-corrected chi connectivity index (χ0v) is 10.8. The minimum Gasteiger partial charge on any atom is -0.481 e. The van der Waals surface area contributed by atoms with Crippen LogP contribution < -0.4 is 0 Å². The molecule has 0 aliphatic rings. The van der Waals surface area contributed by atoms with Gasteiger partial charge in [-0.3, -0.25) is 4.79 Å². The Morgan fingerprint density at radius 1 is 1.33 bits per heavy atom. The molecule has 2 atom stereocenters. The minimum atomic E-state index is -0.915. The van der Waals surface area contributed by atoms with Crippen LogP contribution in [0.4, 0.5) is 0 Å². The third-order valence-corrected chi connectivity index (χ3v) is 2.32. The number of allylic oxidation sites excluding steroid dienone is 1. The molecule has 0 saturated heterocycles. The molecule has 2 N–H and O–H groups in total. The summed E-state index contributed by atoms with van der Waals surface area (Å²) in [5, 5.41) is 18.1. The molecular weight excluding hydrogens is 228 g/mol. The van der Waals surface area contributed by atoms with E-state index < -0.39 is 18.0 Å². The number of hydrogen-bond acceptors (Lipinski definition) is 2. The Labute approximate surface area is 109 Å². The molecule has 18 heavy (non-hydrogen) atoms. The number of aliphatic hydroxyl groups excluding tert-OH is 1. The minimum absolute atomic E-state index is 0.0722. The van der Waals surface area contributed by atoms with Crippen molar-refractivity contribution in [3.05, 3.63) is 12.7 Å². The standard InChI is InChI=1S/C15H20O3/c1-3-5-6-10-14(16)11-8-7-9-13(4-2)12-15(17)18/h4,13-14,16H,2-3,5-6,10,12H2,1H3,(H,17,18)/t13-,14+/m1/s1. The number of carbonyl (C=O) groups is 1. The largest absolute Gasteiger partial charge is 0.481 e. The lowest BCUT2D eigenvalue weighted by molar-refractivity contribution is -0.137. The summed E-state index contributed by atoms with van der Waals surface area (Å²) in [5.41, 5.74) is 0. The van der Waals surface area contributed by atoms with E-state index in [1.54, 1.807) is 0 Å². The van der Waals surface area contributed by atoms with Crippen molar-refractivity contribution in [1.82, 2.24) is 0 Å². The molecule has 3 nitrogen and oxygen atoms in total. The normalized spacial score (nSPS) is 12.3. The first-order valence-corrected chi connectivity index (χ1v) is 6.13. The molecule has 0 amide bonds. The number of aliphatic carboxylic acids is 1. The molecule has 0 unspecified atom stereocenters. The molecule has 0 aromatic carbocycles. The second-order valence-electron chi connectivity index (χ2n) is 3.99. The Hall–Kier alpha value is -1.71. The van der Waals surface area contributed by atoms with Gasteiger partial charge in [-0.2, -0.15) is 0 Å². The first kappa shape index (κ1) is 16.3. The molecule has 0 bridgehead atoms. The topological polar surface area (TPSA) is 57.5 Å². The summed E-state index contributed by atoms with van der Waals surface area (Å²) >= 11 is 0. The van der Waals surface area contributed by atoms with E-state index in [1.165, 1.54) is 6.08 Å². The fraction of sp³-hybridized carbons (Fsp3) is 0.533. The van der Waals surface area contributed by atoms with E-state index in [9.17, 15) is 9.90 Å². The van der Waals surface area contributed by atoms with E-state index in [-0.39, 0.29) is 6.42 Å². The molecule has 0 radical (unpaired) electrons. The van der Waals surface area contributed by atoms with Crippen LogP contribution >= 0.6 is 0 Å². The Morgan fingerprint density at radius 2 is 2.00 bits per heavy atom. The Bertz CT molecular complexity index is 376. The third-order valence-electron chi connectivity index (χ3n) is 2.32. The number of rotatable bonds is 7. The van der Waals surface area contributed by atoms with Gasteiger partial charge in [0.05, 0.1) is 6.42 Å². The van der Waals surface area contributed by atoms with Gasteiger partial charge in [-0.1, -0.05) is 37.7 Å². The van der Waals surface area contributed by atoms with Crippen LogP contribution in [0.25, 0.3) is 0 Å². The van der Waals surface area contributed by atoms with Crippen LogP contribution in [0.1, 0.15) is 39.0 Å². The van der Waals surface area contributed by atoms with Crippen molar-refractivity contribution in [1.29, 1.82) is 0 Å². The maximum atomic E-state index is 10.5. The van der Waals surface area contributed by atoms with Crippen LogP contribution in [0.15, 0.2) is 12.7 Å². The van der Waals surface area contributed by atoms with E-state index in [2.05, 4.69) is 37.2 Å². The van der Waals surface area contributed by atoms with E-state index in [4.69, 9.17) is 5.11 Å². The SMILES string of the molecule is C=C[C@H](C#CC#C[C@@H](O)CCCCC)CC(=O)O. The summed E-state index contributed by atoms with van der Waals surface area (Å²) in [6.45, 7) is 5.61. The molecule has 0 rings (SSSR count). The fourth-order valence-electron chi connectivity index (χ4n) is 1.29. The average Bonchev–Trinajstić information content (AvgIpc) is 2.33. The molecule has 0 aliphatic heterocycles. The van der Waals surface area contributed by atoms with Crippen molar-refractivity contribution in [3.8, 4) is 23.7 Å². The van der Waals surface area contributed by atoms with Crippen LogP contribution in [-0.2, 0) is 4.79 Å². The monoisotopic (exact) mass is 248 g/mol. The lowest BCUT2D eigenvalue weighted by Crippen LogP contribution is -2.03. The number of carboxylic acids is 1. The first-order valence-electron chi connectivity index (χ1n) is 6.13. The molecule has 0 fully saturated rings. The molecule has 0 spiro atoms. The van der Waals surface area contributed by atoms with Crippen molar-refractivity contribution < 1.29 is 15.0 Å². The highest BCUT2D eigenvalue weighted by Crippen LogP contribution is 2.03. The van der Waals surface area contributed by atoms with Crippen LogP contribution in [0.2, 0.25) is 0 Å². The molecule has 98 valence electrons. The molecule has 3 heteroatoms. The zero-order chi connectivity index (χ0) is 13.8. The van der Waals surface area contributed by atoms with Crippen LogP contribution in [0, 0.1) is 29.6 Å². The van der Waals surface area contributed by atoms with E-state index in [1.807, 2.05) is 0 Å². The van der Waals surface area contributed by atoms with Crippen LogP contribution in [0.3, 0.4) is 0 Å². The Morgan fingerprint density at radius 3 is 2.56 bits per heavy atom. The lowest BCUT2D eigenvalue weighted by Gasteiger charge is -2.00. The van der Waals surface area contributed by atoms with Crippen LogP contribution in [0.5, 0.6) is 0 Å². The maximum Gasteiger partial charge on any atom is 0.304 e. The Balaban J connectivity index is 4.13. The van der Waals surface area contributed by atoms with Gasteiger partial charge in [0, 0.05) is 5.92 Å². The highest BCUT2D eigenvalue weighted by molar-refractivity contribution is 5.68. The van der Waals surface area contributed by atoms with Crippen LogP contribution in [-0.4, -0.2) is 22.3 Å². The van der Waals surface area contributed by atoms with Gasteiger partial charge in [0.1, 0.15) is 6.10 Å². The van der Waals surface area contributed by atoms with E-state index in [0.717, 1.165) is 19.3 Å². The summed E-state index contributed by atoms with van der Waals surface area (Å²) < 4.78 is 0. The van der Waals surface area contributed by atoms with Gasteiger partial charge >= 0.3 is 5.97 Å². The highest BCUT2D eigenvalue weighted by Gasteiger charge is 2.04. The Kier molecular flexibility index (Phi) is 9.45. The second kappa shape index (κ2) is 10.4. The van der Waals surface area contributed by atoms with Gasteiger partial charge in [-0.25, -0.2) is 0 Å². The quantitative estimate of drug-likeness (QED) is 0.412. The van der Waals surface area contributed by atoms with Gasteiger partial charge in [-0.15, -0.1) is 6.58 Å². The number of unbranched alkanes of at least 4 members (excludes halogenated alkanes) is 2. The van der Waals surface area contributed by atoms with E-state index in [0.29, 0.717) is 6.42 Å². The second-order valence-corrected chi connectivity index (χ2v) is 3.99. The van der Waals surface area contributed by atoms with Gasteiger partial charge in [0.15, 0.2) is 0 Å². The van der Waals surface area contributed by atoms with Crippen molar-refractivity contribution in [2.24, 2.45) is 5.92 Å². The summed E-state index contributed by atoms with van der Waals surface area (Å²) in [5.74, 6) is 9.11. The molecule has 0 aromatic rings. The number of carboxylic acid groups (broad SMARTS) is 1. The van der Waals surface area contributed by atoms with Crippen molar-refractivity contribution >= 4 is 5.97 Å². The molecule has 0 aromatic heterocycles. The smallest absolute Gasteiger partial charge is 0.304 e. The number of aliphatic hydroxyl groups is 1. The summed E-state index contributed by atoms with van der Waals surface area (Å²) in [4.78, 5) is 10.5.